The first-order valence-corrected chi connectivity index (χ1v) is 7.10. The van der Waals surface area contributed by atoms with Crippen molar-refractivity contribution in [2.24, 2.45) is 11.8 Å². The zero-order chi connectivity index (χ0) is 14.5. The summed E-state index contributed by atoms with van der Waals surface area (Å²) in [7, 11) is 0. The zero-order valence-electron chi connectivity index (χ0n) is 11.6. The summed E-state index contributed by atoms with van der Waals surface area (Å²) in [5.41, 5.74) is 0. The van der Waals surface area contributed by atoms with Gasteiger partial charge in [0.15, 0.2) is 23.3 Å². The van der Waals surface area contributed by atoms with Crippen LogP contribution in [0.3, 0.4) is 0 Å². The van der Waals surface area contributed by atoms with Crippen LogP contribution in [0.25, 0.3) is 0 Å². The standard InChI is InChI=1S/C14H21F2N3O/c1-2-17-13-11(15)6-12(16)14(19-13)18-7-9-4-3-5-10(9)8-20/h6,9-10,20H,2-5,7-8H2,1H3,(H2,17,18,19). The monoisotopic (exact) mass is 285 g/mol. The Kier molecular flexibility index (Phi) is 5.11. The number of pyridine rings is 1. The largest absolute Gasteiger partial charge is 0.396 e. The predicted molar refractivity (Wildman–Crippen MR) is 74.7 cm³/mol. The molecule has 1 aliphatic carbocycles. The van der Waals surface area contributed by atoms with Gasteiger partial charge in [0.25, 0.3) is 0 Å². The maximum Gasteiger partial charge on any atom is 0.168 e. The van der Waals surface area contributed by atoms with Gasteiger partial charge in [-0.2, -0.15) is 0 Å². The lowest BCUT2D eigenvalue weighted by Gasteiger charge is -2.18. The molecule has 1 aromatic heterocycles. The van der Waals surface area contributed by atoms with E-state index in [1.165, 1.54) is 0 Å². The molecule has 0 spiro atoms. The van der Waals surface area contributed by atoms with E-state index in [9.17, 15) is 13.9 Å². The van der Waals surface area contributed by atoms with E-state index in [1.807, 2.05) is 6.92 Å². The molecular formula is C14H21F2N3O. The molecular weight excluding hydrogens is 264 g/mol. The van der Waals surface area contributed by atoms with Crippen LogP contribution in [-0.4, -0.2) is 29.8 Å². The van der Waals surface area contributed by atoms with Crippen molar-refractivity contribution in [3.8, 4) is 0 Å². The molecule has 1 aromatic rings. The van der Waals surface area contributed by atoms with Crippen molar-refractivity contribution in [3.05, 3.63) is 17.7 Å². The Morgan fingerprint density at radius 3 is 2.50 bits per heavy atom. The molecule has 2 unspecified atom stereocenters. The fraction of sp³-hybridized carbons (Fsp3) is 0.643. The molecule has 6 heteroatoms. The number of hydrogen-bond acceptors (Lipinski definition) is 4. The fourth-order valence-electron chi connectivity index (χ4n) is 2.73. The van der Waals surface area contributed by atoms with Gasteiger partial charge in [-0.3, -0.25) is 0 Å². The molecule has 0 amide bonds. The molecule has 1 fully saturated rings. The van der Waals surface area contributed by atoms with Crippen LogP contribution in [0, 0.1) is 23.5 Å². The van der Waals surface area contributed by atoms with E-state index < -0.39 is 11.6 Å². The van der Waals surface area contributed by atoms with Crippen molar-refractivity contribution in [2.75, 3.05) is 30.3 Å². The molecule has 0 saturated heterocycles. The van der Waals surface area contributed by atoms with E-state index in [-0.39, 0.29) is 24.2 Å². The van der Waals surface area contributed by atoms with Gasteiger partial charge in [0.2, 0.25) is 0 Å². The molecule has 2 atom stereocenters. The van der Waals surface area contributed by atoms with E-state index in [0.29, 0.717) is 19.0 Å². The molecule has 2 rings (SSSR count). The van der Waals surface area contributed by atoms with E-state index in [2.05, 4.69) is 15.6 Å². The molecule has 0 aliphatic heterocycles. The highest BCUT2D eigenvalue weighted by Gasteiger charge is 2.26. The maximum absolute atomic E-state index is 13.7. The minimum Gasteiger partial charge on any atom is -0.396 e. The first-order chi connectivity index (χ1) is 9.65. The molecule has 0 bridgehead atoms. The second-order valence-corrected chi connectivity index (χ2v) is 5.19. The van der Waals surface area contributed by atoms with Crippen LogP contribution in [0.5, 0.6) is 0 Å². The van der Waals surface area contributed by atoms with Gasteiger partial charge in [0.05, 0.1) is 0 Å². The minimum atomic E-state index is -0.692. The van der Waals surface area contributed by atoms with Gasteiger partial charge in [-0.05, 0) is 31.6 Å². The van der Waals surface area contributed by atoms with Crippen LogP contribution in [-0.2, 0) is 0 Å². The van der Waals surface area contributed by atoms with Crippen molar-refractivity contribution < 1.29 is 13.9 Å². The molecule has 20 heavy (non-hydrogen) atoms. The summed E-state index contributed by atoms with van der Waals surface area (Å²) in [6.45, 7) is 3.05. The Labute approximate surface area is 117 Å². The fourth-order valence-corrected chi connectivity index (χ4v) is 2.73. The molecule has 1 heterocycles. The quantitative estimate of drug-likeness (QED) is 0.752. The van der Waals surface area contributed by atoms with E-state index in [0.717, 1.165) is 25.3 Å². The second kappa shape index (κ2) is 6.83. The van der Waals surface area contributed by atoms with Crippen molar-refractivity contribution in [3.63, 3.8) is 0 Å². The average molecular weight is 285 g/mol. The highest BCUT2D eigenvalue weighted by molar-refractivity contribution is 5.47. The summed E-state index contributed by atoms with van der Waals surface area (Å²) in [5.74, 6) is -0.688. The third-order valence-corrected chi connectivity index (χ3v) is 3.86. The molecule has 4 nitrogen and oxygen atoms in total. The molecule has 0 aromatic carbocycles. The summed E-state index contributed by atoms with van der Waals surface area (Å²) in [4.78, 5) is 3.94. The van der Waals surface area contributed by atoms with Crippen LogP contribution < -0.4 is 10.6 Å². The third-order valence-electron chi connectivity index (χ3n) is 3.86. The molecule has 3 N–H and O–H groups in total. The lowest BCUT2D eigenvalue weighted by Crippen LogP contribution is -2.22. The lowest BCUT2D eigenvalue weighted by atomic mass is 9.97. The summed E-state index contributed by atoms with van der Waals surface area (Å²) < 4.78 is 27.1. The van der Waals surface area contributed by atoms with Crippen LogP contribution in [0.1, 0.15) is 26.2 Å². The number of nitrogens with zero attached hydrogens (tertiary/aromatic N) is 1. The van der Waals surface area contributed by atoms with Gasteiger partial charge < -0.3 is 15.7 Å². The van der Waals surface area contributed by atoms with Crippen LogP contribution in [0.15, 0.2) is 6.07 Å². The predicted octanol–water partition coefficient (Wildman–Crippen LogP) is 2.61. The minimum absolute atomic E-state index is 0.0570. The van der Waals surface area contributed by atoms with Crippen LogP contribution >= 0.6 is 0 Å². The van der Waals surface area contributed by atoms with E-state index in [1.54, 1.807) is 0 Å². The Hall–Kier alpha value is -1.43. The molecule has 1 aliphatic rings. The van der Waals surface area contributed by atoms with Crippen molar-refractivity contribution >= 4 is 11.6 Å². The highest BCUT2D eigenvalue weighted by atomic mass is 19.1. The van der Waals surface area contributed by atoms with Gasteiger partial charge in [-0.1, -0.05) is 6.42 Å². The number of nitrogens with one attached hydrogen (secondary N) is 2. The van der Waals surface area contributed by atoms with Gasteiger partial charge >= 0.3 is 0 Å². The van der Waals surface area contributed by atoms with Crippen LogP contribution in [0.2, 0.25) is 0 Å². The van der Waals surface area contributed by atoms with Crippen LogP contribution in [0.4, 0.5) is 20.4 Å². The third kappa shape index (κ3) is 3.36. The molecule has 0 radical (unpaired) electrons. The second-order valence-electron chi connectivity index (χ2n) is 5.19. The van der Waals surface area contributed by atoms with Crippen molar-refractivity contribution in [1.82, 2.24) is 4.98 Å². The summed E-state index contributed by atoms with van der Waals surface area (Å²) in [6.07, 6.45) is 3.10. The van der Waals surface area contributed by atoms with Crippen molar-refractivity contribution in [1.29, 1.82) is 0 Å². The first-order valence-electron chi connectivity index (χ1n) is 7.10. The normalized spacial score (nSPS) is 22.0. The SMILES string of the molecule is CCNc1nc(NCC2CCCC2CO)c(F)cc1F. The Morgan fingerprint density at radius 2 is 1.85 bits per heavy atom. The Bertz CT molecular complexity index is 456. The van der Waals surface area contributed by atoms with Crippen molar-refractivity contribution in [2.45, 2.75) is 26.2 Å². The number of aliphatic hydroxyl groups excluding tert-OH is 1. The molecule has 112 valence electrons. The average Bonchev–Trinajstić information content (AvgIpc) is 2.88. The first kappa shape index (κ1) is 15.0. The topological polar surface area (TPSA) is 57.2 Å². The molecule has 1 saturated carbocycles. The highest BCUT2D eigenvalue weighted by Crippen LogP contribution is 2.31. The number of aliphatic hydroxyl groups is 1. The van der Waals surface area contributed by atoms with Gasteiger partial charge in [-0.25, -0.2) is 13.8 Å². The number of aromatic nitrogens is 1. The zero-order valence-corrected chi connectivity index (χ0v) is 11.6. The number of hydrogen-bond donors (Lipinski definition) is 3. The lowest BCUT2D eigenvalue weighted by molar-refractivity contribution is 0.199. The Morgan fingerprint density at radius 1 is 1.20 bits per heavy atom. The number of anilines is 2. The smallest absolute Gasteiger partial charge is 0.168 e. The van der Waals surface area contributed by atoms with Gasteiger partial charge in [-0.15, -0.1) is 0 Å². The van der Waals surface area contributed by atoms with E-state index >= 15 is 0 Å². The van der Waals surface area contributed by atoms with Gasteiger partial charge in [0.1, 0.15) is 0 Å². The Balaban J connectivity index is 2.03. The van der Waals surface area contributed by atoms with Gasteiger partial charge in [0, 0.05) is 25.8 Å². The maximum atomic E-state index is 13.7. The van der Waals surface area contributed by atoms with E-state index in [4.69, 9.17) is 0 Å². The number of halogens is 2. The summed E-state index contributed by atoms with van der Waals surface area (Å²) in [5, 5.41) is 15.0. The number of rotatable bonds is 6. The summed E-state index contributed by atoms with van der Waals surface area (Å²) in [6, 6.07) is 0.839. The summed E-state index contributed by atoms with van der Waals surface area (Å²) >= 11 is 0.